The number of nitrogens with one attached hydrogen (secondary N) is 2. The Kier molecular flexibility index (Phi) is 5.17. The molecule has 156 valence electrons. The predicted molar refractivity (Wildman–Crippen MR) is 114 cm³/mol. The molecule has 0 radical (unpaired) electrons. The second kappa shape index (κ2) is 7.66. The molecule has 0 fully saturated rings. The third-order valence-corrected chi connectivity index (χ3v) is 7.21. The summed E-state index contributed by atoms with van der Waals surface area (Å²) in [6.45, 7) is 1.93. The molecule has 3 aromatic rings. The number of rotatable bonds is 4. The van der Waals surface area contributed by atoms with Crippen LogP contribution in [0.4, 0.5) is 10.5 Å². The molecule has 0 saturated carbocycles. The van der Waals surface area contributed by atoms with Crippen molar-refractivity contribution in [1.82, 2.24) is 14.3 Å². The van der Waals surface area contributed by atoms with E-state index in [0.717, 1.165) is 22.4 Å². The smallest absolute Gasteiger partial charge is 0.319 e. The van der Waals surface area contributed by atoms with Crippen LogP contribution in [0.5, 0.6) is 5.75 Å². The number of fused-ring (bicyclic) bond motifs is 1. The van der Waals surface area contributed by atoms with E-state index in [4.69, 9.17) is 11.6 Å². The third kappa shape index (κ3) is 3.50. The number of hydrogen-bond donors (Lipinski definition) is 3. The minimum absolute atomic E-state index is 0.0699. The minimum atomic E-state index is -4.28. The molecular weight excluding hydrogens is 428 g/mol. The van der Waals surface area contributed by atoms with Gasteiger partial charge in [0.25, 0.3) is 10.0 Å². The highest BCUT2D eigenvalue weighted by atomic mass is 35.5. The van der Waals surface area contributed by atoms with Gasteiger partial charge in [-0.15, -0.1) is 0 Å². The number of anilines is 1. The van der Waals surface area contributed by atoms with E-state index in [2.05, 4.69) is 15.6 Å². The molecule has 0 spiro atoms. The normalized spacial score (nSPS) is 16.5. The lowest BCUT2D eigenvalue weighted by molar-refractivity contribution is 0.249. The van der Waals surface area contributed by atoms with Gasteiger partial charge in [-0.1, -0.05) is 23.3 Å². The molecule has 0 saturated heterocycles. The van der Waals surface area contributed by atoms with Crippen molar-refractivity contribution in [1.29, 1.82) is 0 Å². The first kappa shape index (κ1) is 20.2. The summed E-state index contributed by atoms with van der Waals surface area (Å²) in [6, 6.07) is 7.01. The fourth-order valence-electron chi connectivity index (χ4n) is 3.48. The van der Waals surface area contributed by atoms with E-state index < -0.39 is 26.7 Å². The van der Waals surface area contributed by atoms with Crippen molar-refractivity contribution in [3.63, 3.8) is 0 Å². The molecule has 2 aromatic heterocycles. The Balaban J connectivity index is 1.69. The van der Waals surface area contributed by atoms with Crippen LogP contribution in [0, 0.1) is 0 Å². The average Bonchev–Trinajstić information content (AvgIpc) is 3.31. The molecule has 1 aliphatic carbocycles. The topological polar surface area (TPSA) is 113 Å². The summed E-state index contributed by atoms with van der Waals surface area (Å²) in [5.74, 6) is -0.644. The molecule has 8 nitrogen and oxygen atoms in total. The van der Waals surface area contributed by atoms with Crippen LogP contribution < -0.4 is 10.6 Å². The minimum Gasteiger partial charge on any atom is -0.504 e. The Morgan fingerprint density at radius 3 is 2.83 bits per heavy atom. The van der Waals surface area contributed by atoms with Gasteiger partial charge in [0.05, 0.1) is 16.8 Å². The van der Waals surface area contributed by atoms with Gasteiger partial charge in [-0.3, -0.25) is 0 Å². The van der Waals surface area contributed by atoms with Gasteiger partial charge in [0.1, 0.15) is 0 Å². The summed E-state index contributed by atoms with van der Waals surface area (Å²) >= 11 is 6.14. The number of nitrogens with zero attached hydrogens (tertiary/aromatic N) is 2. The number of hydrogen-bond acceptors (Lipinski definition) is 5. The third-order valence-electron chi connectivity index (χ3n) is 5.04. The number of phenols is 1. The van der Waals surface area contributed by atoms with Gasteiger partial charge in [-0.25, -0.2) is 22.2 Å². The summed E-state index contributed by atoms with van der Waals surface area (Å²) in [5.41, 5.74) is 1.19. The number of carbonyl (C=O) groups is 1. The molecule has 3 N–H and O–H groups in total. The molecule has 1 atom stereocenters. The molecule has 1 aromatic carbocycles. The zero-order valence-corrected chi connectivity index (χ0v) is 17.5. The van der Waals surface area contributed by atoms with Gasteiger partial charge in [0.2, 0.25) is 0 Å². The Morgan fingerprint density at radius 2 is 2.10 bits per heavy atom. The summed E-state index contributed by atoms with van der Waals surface area (Å²) in [5, 5.41) is 16.4. The number of aromatic hydroxyl groups is 1. The second-order valence-corrected chi connectivity index (χ2v) is 9.14. The van der Waals surface area contributed by atoms with Crippen molar-refractivity contribution >= 4 is 44.4 Å². The van der Waals surface area contributed by atoms with Crippen molar-refractivity contribution < 1.29 is 18.3 Å². The second-order valence-electron chi connectivity index (χ2n) is 6.98. The highest BCUT2D eigenvalue weighted by Crippen LogP contribution is 2.38. The highest BCUT2D eigenvalue weighted by molar-refractivity contribution is 7.90. The Bertz CT molecular complexity index is 1280. The van der Waals surface area contributed by atoms with Crippen molar-refractivity contribution in [2.75, 3.05) is 5.32 Å². The predicted octanol–water partition coefficient (Wildman–Crippen LogP) is 3.86. The molecule has 30 heavy (non-hydrogen) atoms. The van der Waals surface area contributed by atoms with Gasteiger partial charge in [0, 0.05) is 17.8 Å². The number of pyridine rings is 1. The standard InChI is InChI=1S/C20H19ClN4O4S/c1-12-4-2-6-15(12)23-20(27)24-16-8-7-14(21)18(17(16)26)30(28,29)25-11-9-13-5-3-10-22-19(13)25/h3-5,7-11,15,26H,2,6H2,1H3,(H2,23,24,27)/t15-/m1/s1. The average molecular weight is 447 g/mol. The van der Waals surface area contributed by atoms with Gasteiger partial charge < -0.3 is 15.7 Å². The molecule has 2 amide bonds. The van der Waals surface area contributed by atoms with Crippen LogP contribution >= 0.6 is 11.6 Å². The molecule has 0 aliphatic heterocycles. The first-order valence-corrected chi connectivity index (χ1v) is 11.0. The van der Waals surface area contributed by atoms with E-state index in [0.29, 0.717) is 5.39 Å². The molecule has 4 rings (SSSR count). The zero-order chi connectivity index (χ0) is 21.5. The number of carbonyl (C=O) groups excluding carboxylic acids is 1. The number of benzene rings is 1. The summed E-state index contributed by atoms with van der Waals surface area (Å²) in [6.07, 6.45) is 6.52. The van der Waals surface area contributed by atoms with Crippen LogP contribution in [-0.4, -0.2) is 34.6 Å². The van der Waals surface area contributed by atoms with Gasteiger partial charge in [-0.2, -0.15) is 0 Å². The van der Waals surface area contributed by atoms with Crippen molar-refractivity contribution in [3.8, 4) is 5.75 Å². The van der Waals surface area contributed by atoms with Crippen LogP contribution in [-0.2, 0) is 10.0 Å². The largest absolute Gasteiger partial charge is 0.504 e. The van der Waals surface area contributed by atoms with Crippen LogP contribution in [0.25, 0.3) is 11.0 Å². The maximum Gasteiger partial charge on any atom is 0.319 e. The summed E-state index contributed by atoms with van der Waals surface area (Å²) in [4.78, 5) is 15.9. The monoisotopic (exact) mass is 446 g/mol. The van der Waals surface area contributed by atoms with Gasteiger partial charge >= 0.3 is 6.03 Å². The number of halogens is 1. The number of phenolic OH excluding ortho intramolecular Hbond substituents is 1. The summed E-state index contributed by atoms with van der Waals surface area (Å²) in [7, 11) is -4.28. The van der Waals surface area contributed by atoms with Gasteiger partial charge in [-0.05, 0) is 50.1 Å². The van der Waals surface area contributed by atoms with Crippen LogP contribution in [0.2, 0.25) is 5.02 Å². The Hall–Kier alpha value is -3.04. The van der Waals surface area contributed by atoms with Crippen molar-refractivity contribution in [3.05, 3.63) is 59.4 Å². The Labute approximate surface area is 178 Å². The molecular formula is C20H19ClN4O4S. The van der Waals surface area contributed by atoms with E-state index in [1.54, 1.807) is 18.2 Å². The fourth-order valence-corrected chi connectivity index (χ4v) is 5.39. The maximum atomic E-state index is 13.3. The van der Waals surface area contributed by atoms with Gasteiger partial charge in [0.15, 0.2) is 16.3 Å². The zero-order valence-electron chi connectivity index (χ0n) is 16.0. The molecule has 10 heteroatoms. The van der Waals surface area contributed by atoms with E-state index in [9.17, 15) is 18.3 Å². The number of aromatic nitrogens is 2. The van der Waals surface area contributed by atoms with E-state index >= 15 is 0 Å². The lowest BCUT2D eigenvalue weighted by atomic mass is 10.2. The maximum absolute atomic E-state index is 13.3. The van der Waals surface area contributed by atoms with E-state index in [1.807, 2.05) is 13.0 Å². The number of allylic oxidation sites excluding steroid dienone is 1. The lowest BCUT2D eigenvalue weighted by Crippen LogP contribution is -2.37. The highest BCUT2D eigenvalue weighted by Gasteiger charge is 2.29. The fraction of sp³-hybridized carbons (Fsp3) is 0.200. The quantitative estimate of drug-likeness (QED) is 0.416. The lowest BCUT2D eigenvalue weighted by Gasteiger charge is -2.17. The van der Waals surface area contributed by atoms with Crippen LogP contribution in [0.1, 0.15) is 19.8 Å². The van der Waals surface area contributed by atoms with E-state index in [-0.39, 0.29) is 22.4 Å². The van der Waals surface area contributed by atoms with Crippen molar-refractivity contribution in [2.24, 2.45) is 0 Å². The SMILES string of the molecule is CC1=CCC[C@H]1NC(=O)Nc1ccc(Cl)c(S(=O)(=O)n2ccc3cccnc32)c1O. The first-order valence-electron chi connectivity index (χ1n) is 9.22. The van der Waals surface area contributed by atoms with Crippen LogP contribution in [0.3, 0.4) is 0 Å². The Morgan fingerprint density at radius 1 is 1.30 bits per heavy atom. The molecule has 0 bridgehead atoms. The molecule has 2 heterocycles. The van der Waals surface area contributed by atoms with Crippen molar-refractivity contribution in [2.45, 2.75) is 30.7 Å². The molecule has 0 unspecified atom stereocenters. The van der Waals surface area contributed by atoms with Crippen LogP contribution in [0.15, 0.2) is 59.3 Å². The molecule has 1 aliphatic rings. The summed E-state index contributed by atoms with van der Waals surface area (Å²) < 4.78 is 27.5. The number of amides is 2. The first-order chi connectivity index (χ1) is 14.3. The number of urea groups is 1. The van der Waals surface area contributed by atoms with E-state index in [1.165, 1.54) is 24.5 Å².